The largest absolute Gasteiger partial charge is 0.481 e. The zero-order valence-corrected chi connectivity index (χ0v) is 11.1. The fourth-order valence-electron chi connectivity index (χ4n) is 1.86. The molecule has 0 aliphatic rings. The maximum Gasteiger partial charge on any atom is 0.328 e. The van der Waals surface area contributed by atoms with Crippen molar-refractivity contribution in [1.29, 1.82) is 0 Å². The summed E-state index contributed by atoms with van der Waals surface area (Å²) in [6.07, 6.45) is 4.09. The molecule has 0 aliphatic carbocycles. The van der Waals surface area contributed by atoms with Crippen molar-refractivity contribution in [2.75, 3.05) is 0 Å². The average Bonchev–Trinajstić information content (AvgIpc) is 2.87. The molecule has 0 amide bonds. The van der Waals surface area contributed by atoms with Crippen LogP contribution in [0.2, 0.25) is 0 Å². The molecule has 2 aromatic rings. The Bertz CT molecular complexity index is 674. The van der Waals surface area contributed by atoms with Crippen molar-refractivity contribution in [2.24, 2.45) is 0 Å². The van der Waals surface area contributed by atoms with Gasteiger partial charge in [0.05, 0.1) is 18.7 Å². The molecule has 1 aromatic heterocycles. The summed E-state index contributed by atoms with van der Waals surface area (Å²) in [7, 11) is 0. The van der Waals surface area contributed by atoms with Crippen molar-refractivity contribution in [1.82, 2.24) is 9.78 Å². The van der Waals surface area contributed by atoms with Gasteiger partial charge in [-0.3, -0.25) is 9.48 Å². The van der Waals surface area contributed by atoms with Gasteiger partial charge in [0.2, 0.25) is 0 Å². The minimum Gasteiger partial charge on any atom is -0.481 e. The molecular weight excluding hydrogens is 272 g/mol. The summed E-state index contributed by atoms with van der Waals surface area (Å²) in [5.74, 6) is -1.96. The Kier molecular flexibility index (Phi) is 4.50. The van der Waals surface area contributed by atoms with E-state index in [0.717, 1.165) is 11.6 Å². The number of hydrogen-bond acceptors (Lipinski definition) is 3. The number of nitrogens with zero attached hydrogens (tertiary/aromatic N) is 2. The lowest BCUT2D eigenvalue weighted by molar-refractivity contribution is -0.137. The van der Waals surface area contributed by atoms with Crippen molar-refractivity contribution in [3.63, 3.8) is 0 Å². The number of carboxylic acids is 2. The van der Waals surface area contributed by atoms with Gasteiger partial charge in [0.15, 0.2) is 0 Å². The van der Waals surface area contributed by atoms with Crippen molar-refractivity contribution >= 4 is 18.0 Å². The SMILES string of the molecule is O=C(O)C=Cc1cn(CCC(=O)O)nc1-c1ccccc1. The van der Waals surface area contributed by atoms with Crippen LogP contribution in [0.15, 0.2) is 42.6 Å². The molecular formula is C15H14N2O4. The Morgan fingerprint density at radius 2 is 1.90 bits per heavy atom. The quantitative estimate of drug-likeness (QED) is 0.793. The molecule has 0 atom stereocenters. The van der Waals surface area contributed by atoms with Gasteiger partial charge in [-0.05, 0) is 6.08 Å². The first-order chi connectivity index (χ1) is 10.1. The molecule has 0 bridgehead atoms. The molecule has 0 saturated heterocycles. The van der Waals surface area contributed by atoms with Crippen LogP contribution in [0.1, 0.15) is 12.0 Å². The normalized spacial score (nSPS) is 10.9. The topological polar surface area (TPSA) is 92.4 Å². The second kappa shape index (κ2) is 6.51. The predicted molar refractivity (Wildman–Crippen MR) is 76.6 cm³/mol. The lowest BCUT2D eigenvalue weighted by atomic mass is 10.1. The molecule has 0 aliphatic heterocycles. The van der Waals surface area contributed by atoms with Crippen LogP contribution in [0, 0.1) is 0 Å². The Hall–Kier alpha value is -2.89. The van der Waals surface area contributed by atoms with Crippen molar-refractivity contribution in [3.05, 3.63) is 48.2 Å². The smallest absolute Gasteiger partial charge is 0.328 e. The van der Waals surface area contributed by atoms with Crippen LogP contribution in [-0.2, 0) is 16.1 Å². The monoisotopic (exact) mass is 286 g/mol. The molecule has 21 heavy (non-hydrogen) atoms. The first-order valence-electron chi connectivity index (χ1n) is 6.32. The molecule has 1 aromatic carbocycles. The predicted octanol–water partition coefficient (Wildman–Crippen LogP) is 2.12. The number of benzene rings is 1. The zero-order chi connectivity index (χ0) is 15.2. The summed E-state index contributed by atoms with van der Waals surface area (Å²) in [6, 6.07) is 9.31. The minimum atomic E-state index is -1.05. The summed E-state index contributed by atoms with van der Waals surface area (Å²) in [4.78, 5) is 21.3. The van der Waals surface area contributed by atoms with Crippen LogP contribution in [-0.4, -0.2) is 31.9 Å². The van der Waals surface area contributed by atoms with Crippen LogP contribution in [0.5, 0.6) is 0 Å². The third-order valence-electron chi connectivity index (χ3n) is 2.80. The number of aliphatic carboxylic acids is 2. The van der Waals surface area contributed by atoms with Crippen molar-refractivity contribution in [2.45, 2.75) is 13.0 Å². The van der Waals surface area contributed by atoms with E-state index in [1.165, 1.54) is 10.8 Å². The summed E-state index contributed by atoms with van der Waals surface area (Å²) in [6.45, 7) is 0.232. The fraction of sp³-hybridized carbons (Fsp3) is 0.133. The number of carbonyl (C=O) groups is 2. The summed E-state index contributed by atoms with van der Waals surface area (Å²) in [5.41, 5.74) is 2.10. The third kappa shape index (κ3) is 4.04. The highest BCUT2D eigenvalue weighted by molar-refractivity contribution is 5.87. The number of aromatic nitrogens is 2. The molecule has 6 heteroatoms. The molecule has 2 rings (SSSR count). The molecule has 0 radical (unpaired) electrons. The molecule has 0 saturated carbocycles. The molecule has 0 unspecified atom stereocenters. The first kappa shape index (κ1) is 14.5. The second-order valence-corrected chi connectivity index (χ2v) is 4.38. The molecule has 6 nitrogen and oxygen atoms in total. The highest BCUT2D eigenvalue weighted by Crippen LogP contribution is 2.23. The van der Waals surface area contributed by atoms with Gasteiger partial charge in [0.25, 0.3) is 0 Å². The number of aryl methyl sites for hydroxylation is 1. The number of carboxylic acid groups (broad SMARTS) is 2. The zero-order valence-electron chi connectivity index (χ0n) is 11.1. The van der Waals surface area contributed by atoms with Gasteiger partial charge >= 0.3 is 11.9 Å². The molecule has 1 heterocycles. The van der Waals surface area contributed by atoms with Crippen LogP contribution in [0.25, 0.3) is 17.3 Å². The van der Waals surface area contributed by atoms with E-state index in [9.17, 15) is 9.59 Å². The average molecular weight is 286 g/mol. The molecule has 0 fully saturated rings. The maximum absolute atomic E-state index is 10.7. The standard InChI is InChI=1S/C15H14N2O4/c18-13(19)7-6-12-10-17(9-8-14(20)21)16-15(12)11-4-2-1-3-5-11/h1-7,10H,8-9H2,(H,18,19)(H,20,21). The van der Waals surface area contributed by atoms with Crippen LogP contribution < -0.4 is 0 Å². The van der Waals surface area contributed by atoms with Gasteiger partial charge in [-0.15, -0.1) is 0 Å². The Balaban J connectivity index is 2.36. The van der Waals surface area contributed by atoms with Crippen LogP contribution in [0.4, 0.5) is 0 Å². The van der Waals surface area contributed by atoms with E-state index < -0.39 is 11.9 Å². The number of rotatable bonds is 6. The Labute approximate surface area is 121 Å². The van der Waals surface area contributed by atoms with Crippen LogP contribution >= 0.6 is 0 Å². The van der Waals surface area contributed by atoms with Gasteiger partial charge in [-0.25, -0.2) is 4.79 Å². The highest BCUT2D eigenvalue weighted by Gasteiger charge is 2.10. The lowest BCUT2D eigenvalue weighted by Crippen LogP contribution is -2.04. The summed E-state index contributed by atoms with van der Waals surface area (Å²) in [5, 5.41) is 21.8. The maximum atomic E-state index is 10.7. The fourth-order valence-corrected chi connectivity index (χ4v) is 1.86. The first-order valence-corrected chi connectivity index (χ1v) is 6.32. The summed E-state index contributed by atoms with van der Waals surface area (Å²) >= 11 is 0. The van der Waals surface area contributed by atoms with E-state index >= 15 is 0 Å². The van der Waals surface area contributed by atoms with Gasteiger partial charge in [-0.1, -0.05) is 30.3 Å². The highest BCUT2D eigenvalue weighted by atomic mass is 16.4. The van der Waals surface area contributed by atoms with E-state index in [1.807, 2.05) is 30.3 Å². The van der Waals surface area contributed by atoms with E-state index in [2.05, 4.69) is 5.10 Å². The third-order valence-corrected chi connectivity index (χ3v) is 2.80. The summed E-state index contributed by atoms with van der Waals surface area (Å²) < 4.78 is 1.51. The van der Waals surface area contributed by atoms with Crippen LogP contribution in [0.3, 0.4) is 0 Å². The lowest BCUT2D eigenvalue weighted by Gasteiger charge is -1.98. The minimum absolute atomic E-state index is 0.0437. The van der Waals surface area contributed by atoms with E-state index in [4.69, 9.17) is 10.2 Å². The van der Waals surface area contributed by atoms with Crippen molar-refractivity contribution < 1.29 is 19.8 Å². The van der Waals surface area contributed by atoms with E-state index in [-0.39, 0.29) is 13.0 Å². The van der Waals surface area contributed by atoms with Gasteiger partial charge in [0, 0.05) is 23.4 Å². The second-order valence-electron chi connectivity index (χ2n) is 4.38. The van der Waals surface area contributed by atoms with E-state index in [0.29, 0.717) is 11.3 Å². The Morgan fingerprint density at radius 3 is 2.52 bits per heavy atom. The molecule has 0 spiro atoms. The van der Waals surface area contributed by atoms with Gasteiger partial charge in [-0.2, -0.15) is 5.10 Å². The molecule has 108 valence electrons. The van der Waals surface area contributed by atoms with Gasteiger partial charge < -0.3 is 10.2 Å². The Morgan fingerprint density at radius 1 is 1.19 bits per heavy atom. The number of hydrogen-bond donors (Lipinski definition) is 2. The molecule has 2 N–H and O–H groups in total. The van der Waals surface area contributed by atoms with Gasteiger partial charge in [0.1, 0.15) is 0 Å². The van der Waals surface area contributed by atoms with E-state index in [1.54, 1.807) is 6.20 Å². The van der Waals surface area contributed by atoms with Crippen molar-refractivity contribution in [3.8, 4) is 11.3 Å².